The van der Waals surface area contributed by atoms with Crippen molar-refractivity contribution in [3.63, 3.8) is 0 Å². The van der Waals surface area contributed by atoms with E-state index < -0.39 is 18.1 Å². The molecule has 162 valence electrons. The molecule has 0 spiro atoms. The number of carbonyl (C=O) groups excluding carboxylic acids is 2. The predicted octanol–water partition coefficient (Wildman–Crippen LogP) is 3.99. The molecule has 3 aromatic carbocycles. The third-order valence-corrected chi connectivity index (χ3v) is 5.34. The van der Waals surface area contributed by atoms with Gasteiger partial charge in [0.2, 0.25) is 0 Å². The molecule has 4 N–H and O–H groups in total. The fourth-order valence-corrected chi connectivity index (χ4v) is 3.60. The number of hydrogen-bond acceptors (Lipinski definition) is 5. The second kappa shape index (κ2) is 10.1. The van der Waals surface area contributed by atoms with Crippen LogP contribution in [0.15, 0.2) is 60.7 Å². The van der Waals surface area contributed by atoms with E-state index in [1.54, 1.807) is 29.7 Å². The number of fused-ring (bicyclic) bond motifs is 1. The first-order valence-corrected chi connectivity index (χ1v) is 10.2. The minimum Gasteiger partial charge on any atom is -0.437 e. The zero-order chi connectivity index (χ0) is 22.4. The third kappa shape index (κ3) is 5.39. The van der Waals surface area contributed by atoms with Gasteiger partial charge in [-0.1, -0.05) is 50.2 Å². The number of ether oxygens (including phenoxy) is 1. The van der Waals surface area contributed by atoms with Crippen molar-refractivity contribution in [2.75, 3.05) is 13.1 Å². The Morgan fingerprint density at radius 2 is 1.58 bits per heavy atom. The second-order valence-corrected chi connectivity index (χ2v) is 7.28. The van der Waals surface area contributed by atoms with Gasteiger partial charge >= 0.3 is 6.09 Å². The number of hydroxylamine groups is 1. The first-order valence-electron chi connectivity index (χ1n) is 10.2. The Kier molecular flexibility index (Phi) is 7.23. The number of nitrogens with one attached hydrogen (secondary N) is 1. The lowest BCUT2D eigenvalue weighted by Crippen LogP contribution is -2.22. The molecule has 0 saturated heterocycles. The highest BCUT2D eigenvalue weighted by Gasteiger charge is 2.19. The van der Waals surface area contributed by atoms with Crippen molar-refractivity contribution < 1.29 is 19.5 Å². The van der Waals surface area contributed by atoms with Gasteiger partial charge in [0.05, 0.1) is 0 Å². The van der Waals surface area contributed by atoms with Crippen LogP contribution >= 0.6 is 0 Å². The Bertz CT molecular complexity index is 1060. The van der Waals surface area contributed by atoms with Gasteiger partial charge in [0.25, 0.3) is 5.91 Å². The first kappa shape index (κ1) is 22.3. The molecule has 0 aliphatic rings. The van der Waals surface area contributed by atoms with Crippen LogP contribution in [0.2, 0.25) is 0 Å². The lowest BCUT2D eigenvalue weighted by Gasteiger charge is -2.20. The molecule has 3 rings (SSSR count). The van der Waals surface area contributed by atoms with Gasteiger partial charge in [-0.2, -0.15) is 0 Å². The maximum absolute atomic E-state index is 11.6. The summed E-state index contributed by atoms with van der Waals surface area (Å²) in [5.74, 6) is -0.620. The average Bonchev–Trinajstić information content (AvgIpc) is 2.80. The van der Waals surface area contributed by atoms with Crippen LogP contribution in [0, 0.1) is 0 Å². The Labute approximate surface area is 181 Å². The molecule has 0 heterocycles. The van der Waals surface area contributed by atoms with E-state index in [9.17, 15) is 9.59 Å². The van der Waals surface area contributed by atoms with E-state index >= 15 is 0 Å². The number of carbonyl (C=O) groups is 2. The molecular weight excluding hydrogens is 394 g/mol. The fraction of sp³-hybridized carbons (Fsp3) is 0.250. The van der Waals surface area contributed by atoms with Crippen molar-refractivity contribution in [3.05, 3.63) is 82.9 Å². The average molecular weight is 421 g/mol. The van der Waals surface area contributed by atoms with Crippen LogP contribution in [0.4, 0.5) is 4.79 Å². The van der Waals surface area contributed by atoms with Gasteiger partial charge < -0.3 is 10.5 Å². The van der Waals surface area contributed by atoms with Crippen LogP contribution in [0.25, 0.3) is 10.8 Å². The molecular formula is C24H27N3O4. The van der Waals surface area contributed by atoms with Crippen LogP contribution < -0.4 is 11.2 Å². The summed E-state index contributed by atoms with van der Waals surface area (Å²) in [6.07, 6.45) is -1.61. The number of nitrogens with two attached hydrogens (primary N) is 1. The summed E-state index contributed by atoms with van der Waals surface area (Å²) in [6, 6.07) is 18.6. The molecule has 0 aromatic heterocycles. The molecule has 1 atom stereocenters. The predicted molar refractivity (Wildman–Crippen MR) is 119 cm³/mol. The Balaban J connectivity index is 1.93. The normalized spacial score (nSPS) is 12.0. The number of benzene rings is 3. The van der Waals surface area contributed by atoms with Crippen LogP contribution in [-0.2, 0) is 11.3 Å². The van der Waals surface area contributed by atoms with Crippen molar-refractivity contribution >= 4 is 22.8 Å². The van der Waals surface area contributed by atoms with Crippen molar-refractivity contribution in [2.45, 2.75) is 26.5 Å². The number of primary amides is 1. The maximum atomic E-state index is 11.6. The summed E-state index contributed by atoms with van der Waals surface area (Å²) in [5.41, 5.74) is 9.85. The molecule has 3 aromatic rings. The largest absolute Gasteiger partial charge is 0.437 e. The molecule has 0 fully saturated rings. The third-order valence-electron chi connectivity index (χ3n) is 5.34. The van der Waals surface area contributed by atoms with Crippen LogP contribution in [-0.4, -0.2) is 35.2 Å². The first-order chi connectivity index (χ1) is 14.9. The highest BCUT2D eigenvalue weighted by atomic mass is 16.6. The minimum absolute atomic E-state index is 0.281. The molecule has 0 aliphatic carbocycles. The summed E-state index contributed by atoms with van der Waals surface area (Å²) in [7, 11) is 0. The molecule has 7 heteroatoms. The summed E-state index contributed by atoms with van der Waals surface area (Å²) in [5, 5.41) is 10.9. The van der Waals surface area contributed by atoms with Crippen LogP contribution in [0.5, 0.6) is 0 Å². The van der Waals surface area contributed by atoms with Crippen molar-refractivity contribution in [1.82, 2.24) is 10.4 Å². The number of nitrogens with zero attached hydrogens (tertiary/aromatic N) is 1. The summed E-state index contributed by atoms with van der Waals surface area (Å²) < 4.78 is 5.39. The summed E-state index contributed by atoms with van der Waals surface area (Å²) in [4.78, 5) is 25.5. The monoisotopic (exact) mass is 421 g/mol. The Morgan fingerprint density at radius 1 is 0.968 bits per heavy atom. The van der Waals surface area contributed by atoms with E-state index in [0.29, 0.717) is 5.56 Å². The van der Waals surface area contributed by atoms with Crippen LogP contribution in [0.1, 0.15) is 47.0 Å². The van der Waals surface area contributed by atoms with Gasteiger partial charge in [0, 0.05) is 12.1 Å². The van der Waals surface area contributed by atoms with Gasteiger partial charge in [0.15, 0.2) is 6.10 Å². The number of hydrogen-bond donors (Lipinski definition) is 3. The molecule has 0 bridgehead atoms. The zero-order valence-electron chi connectivity index (χ0n) is 17.7. The van der Waals surface area contributed by atoms with Gasteiger partial charge in [0.1, 0.15) is 0 Å². The molecule has 0 radical (unpaired) electrons. The molecule has 0 saturated carbocycles. The van der Waals surface area contributed by atoms with Crippen molar-refractivity contribution in [3.8, 4) is 0 Å². The van der Waals surface area contributed by atoms with E-state index in [-0.39, 0.29) is 5.56 Å². The standard InChI is InChI=1S/C24H27N3O4/c1-3-27(4-2)15-16-5-6-20-14-21(12-11-19(20)13-16)22(31-24(25)29)17-7-9-18(10-8-17)23(28)26-30/h5-14,22,30H,3-4,15H2,1-2H3,(H2,25,29)(H,26,28). The molecule has 0 aliphatic heterocycles. The van der Waals surface area contributed by atoms with Crippen LogP contribution in [0.3, 0.4) is 0 Å². The number of rotatable bonds is 8. The van der Waals surface area contributed by atoms with Crippen molar-refractivity contribution in [2.24, 2.45) is 5.73 Å². The molecule has 31 heavy (non-hydrogen) atoms. The smallest absolute Gasteiger partial charge is 0.405 e. The van der Waals surface area contributed by atoms with E-state index in [1.807, 2.05) is 18.2 Å². The molecule has 7 nitrogen and oxygen atoms in total. The Hall–Kier alpha value is -3.42. The lowest BCUT2D eigenvalue weighted by molar-refractivity contribution is 0.0706. The lowest BCUT2D eigenvalue weighted by atomic mass is 9.96. The van der Waals surface area contributed by atoms with Gasteiger partial charge in [-0.3, -0.25) is 14.9 Å². The topological polar surface area (TPSA) is 105 Å². The van der Waals surface area contributed by atoms with E-state index in [1.165, 1.54) is 5.56 Å². The van der Waals surface area contributed by atoms with E-state index in [4.69, 9.17) is 15.7 Å². The zero-order valence-corrected chi connectivity index (χ0v) is 17.7. The van der Waals surface area contributed by atoms with E-state index in [0.717, 1.165) is 36.0 Å². The SMILES string of the molecule is CCN(CC)Cc1ccc2cc(C(OC(N)=O)c3ccc(C(=O)NO)cc3)ccc2c1. The van der Waals surface area contributed by atoms with Gasteiger partial charge in [-0.25, -0.2) is 10.3 Å². The Morgan fingerprint density at radius 3 is 2.19 bits per heavy atom. The maximum Gasteiger partial charge on any atom is 0.405 e. The number of amides is 2. The van der Waals surface area contributed by atoms with Gasteiger partial charge in [-0.15, -0.1) is 0 Å². The quantitative estimate of drug-likeness (QED) is 0.377. The highest BCUT2D eigenvalue weighted by Crippen LogP contribution is 2.29. The summed E-state index contributed by atoms with van der Waals surface area (Å²) in [6.45, 7) is 7.19. The van der Waals surface area contributed by atoms with Crippen molar-refractivity contribution in [1.29, 1.82) is 0 Å². The second-order valence-electron chi connectivity index (χ2n) is 7.28. The fourth-order valence-electron chi connectivity index (χ4n) is 3.60. The minimum atomic E-state index is -0.892. The summed E-state index contributed by atoms with van der Waals surface area (Å²) >= 11 is 0. The molecule has 1 unspecified atom stereocenters. The van der Waals surface area contributed by atoms with Gasteiger partial charge in [-0.05, 0) is 64.8 Å². The molecule has 2 amide bonds. The highest BCUT2D eigenvalue weighted by molar-refractivity contribution is 5.93. The van der Waals surface area contributed by atoms with E-state index in [2.05, 4.69) is 36.9 Å².